The number of aliphatic imine (C=N–C) groups is 1. The van der Waals surface area contributed by atoms with Crippen molar-refractivity contribution in [3.8, 4) is 0 Å². The molecule has 142 valence electrons. The topological polar surface area (TPSA) is 56.7 Å². The molecule has 24 heavy (non-hydrogen) atoms. The second kappa shape index (κ2) is 11.7. The third-order valence-corrected chi connectivity index (χ3v) is 7.00. The lowest BCUT2D eigenvalue weighted by atomic mass is 9.95. The highest BCUT2D eigenvalue weighted by Gasteiger charge is 2.27. The molecule has 2 fully saturated rings. The molecule has 0 aromatic carbocycles. The first-order chi connectivity index (χ1) is 11.2. The van der Waals surface area contributed by atoms with Gasteiger partial charge in [0.05, 0.1) is 0 Å². The van der Waals surface area contributed by atoms with E-state index in [1.807, 2.05) is 14.0 Å². The molecule has 2 rings (SSSR count). The summed E-state index contributed by atoms with van der Waals surface area (Å²) in [5.74, 6) is 1.68. The highest BCUT2D eigenvalue weighted by Crippen LogP contribution is 2.23. The second-order valence-corrected chi connectivity index (χ2v) is 8.68. The Bertz CT molecular complexity index is 421. The molecule has 1 aliphatic carbocycles. The van der Waals surface area contributed by atoms with Gasteiger partial charge in [0, 0.05) is 47.5 Å². The van der Waals surface area contributed by atoms with Crippen molar-refractivity contribution in [2.75, 3.05) is 32.4 Å². The van der Waals surface area contributed by atoms with E-state index in [4.69, 9.17) is 0 Å². The first-order valence-corrected chi connectivity index (χ1v) is 10.6. The van der Waals surface area contributed by atoms with Gasteiger partial charge in [-0.25, -0.2) is 0 Å². The summed E-state index contributed by atoms with van der Waals surface area (Å²) < 4.78 is 12.1. The van der Waals surface area contributed by atoms with E-state index >= 15 is 0 Å². The molecule has 1 heterocycles. The summed E-state index contributed by atoms with van der Waals surface area (Å²) in [7, 11) is 1.17. The highest BCUT2D eigenvalue weighted by molar-refractivity contribution is 14.0. The molecule has 2 N–H and O–H groups in total. The van der Waals surface area contributed by atoms with E-state index < -0.39 is 10.8 Å². The molecule has 2 aliphatic rings. The van der Waals surface area contributed by atoms with Crippen molar-refractivity contribution in [1.29, 1.82) is 0 Å². The SMILES string of the molecule is CCN1CCCC1CNC(=NC)NC1CCCC(S(=O)CC)C1.I. The number of guanidine groups is 1. The minimum Gasteiger partial charge on any atom is -0.355 e. The van der Waals surface area contributed by atoms with Gasteiger partial charge in [0.1, 0.15) is 0 Å². The molecule has 7 heteroatoms. The van der Waals surface area contributed by atoms with Crippen LogP contribution in [0, 0.1) is 0 Å². The van der Waals surface area contributed by atoms with Gasteiger partial charge in [-0.05, 0) is 45.2 Å². The lowest BCUT2D eigenvalue weighted by Crippen LogP contribution is -2.49. The van der Waals surface area contributed by atoms with Crippen LogP contribution in [0.25, 0.3) is 0 Å². The van der Waals surface area contributed by atoms with Gasteiger partial charge in [-0.15, -0.1) is 24.0 Å². The second-order valence-electron chi connectivity index (χ2n) is 6.68. The van der Waals surface area contributed by atoms with E-state index in [2.05, 4.69) is 27.4 Å². The predicted molar refractivity (Wildman–Crippen MR) is 115 cm³/mol. The van der Waals surface area contributed by atoms with Crippen molar-refractivity contribution in [2.24, 2.45) is 4.99 Å². The summed E-state index contributed by atoms with van der Waals surface area (Å²) >= 11 is 0. The normalized spacial score (nSPS) is 29.8. The number of likely N-dealkylation sites (N-methyl/N-ethyl adjacent to an activating group) is 1. The van der Waals surface area contributed by atoms with Crippen LogP contribution in [-0.2, 0) is 10.8 Å². The number of hydrogen-bond acceptors (Lipinski definition) is 3. The minimum absolute atomic E-state index is 0. The Labute approximate surface area is 167 Å². The van der Waals surface area contributed by atoms with E-state index in [-0.39, 0.29) is 24.0 Å². The maximum Gasteiger partial charge on any atom is 0.191 e. The number of likely N-dealkylation sites (tertiary alicyclic amines) is 1. The Morgan fingerprint density at radius 3 is 2.71 bits per heavy atom. The molecule has 0 aromatic rings. The number of halogens is 1. The van der Waals surface area contributed by atoms with E-state index in [0.717, 1.165) is 50.5 Å². The Balaban J connectivity index is 0.00000288. The van der Waals surface area contributed by atoms with Crippen molar-refractivity contribution < 1.29 is 4.21 Å². The molecule has 0 spiro atoms. The van der Waals surface area contributed by atoms with E-state index in [0.29, 0.717) is 17.3 Å². The van der Waals surface area contributed by atoms with Crippen molar-refractivity contribution in [3.05, 3.63) is 0 Å². The van der Waals surface area contributed by atoms with E-state index in [1.165, 1.54) is 19.4 Å². The first-order valence-electron chi connectivity index (χ1n) is 9.26. The fourth-order valence-corrected chi connectivity index (χ4v) is 5.24. The van der Waals surface area contributed by atoms with Crippen LogP contribution in [0.2, 0.25) is 0 Å². The quantitative estimate of drug-likeness (QED) is 0.356. The molecule has 4 unspecified atom stereocenters. The van der Waals surface area contributed by atoms with Crippen LogP contribution in [0.5, 0.6) is 0 Å². The molecule has 0 bridgehead atoms. The molecule has 1 aliphatic heterocycles. The average Bonchev–Trinajstić information content (AvgIpc) is 3.05. The van der Waals surface area contributed by atoms with Crippen LogP contribution in [0.1, 0.15) is 52.4 Å². The molecule has 1 saturated heterocycles. The largest absolute Gasteiger partial charge is 0.355 e. The fourth-order valence-electron chi connectivity index (χ4n) is 3.90. The van der Waals surface area contributed by atoms with Gasteiger partial charge >= 0.3 is 0 Å². The molecule has 0 amide bonds. The zero-order valence-electron chi connectivity index (χ0n) is 15.4. The van der Waals surface area contributed by atoms with Gasteiger partial charge in [-0.3, -0.25) is 14.1 Å². The summed E-state index contributed by atoms with van der Waals surface area (Å²) in [6.07, 6.45) is 7.02. The molecule has 4 atom stereocenters. The van der Waals surface area contributed by atoms with Crippen LogP contribution < -0.4 is 10.6 Å². The summed E-state index contributed by atoms with van der Waals surface area (Å²) in [6.45, 7) is 7.58. The Hall–Kier alpha value is 0.110. The van der Waals surface area contributed by atoms with Gasteiger partial charge in [0.15, 0.2) is 5.96 Å². The van der Waals surface area contributed by atoms with Gasteiger partial charge in [0.2, 0.25) is 0 Å². The van der Waals surface area contributed by atoms with Crippen LogP contribution in [0.3, 0.4) is 0 Å². The van der Waals surface area contributed by atoms with Crippen molar-refractivity contribution >= 4 is 40.7 Å². The standard InChI is InChI=1S/C17H34N4OS.HI/c1-4-21-11-7-9-15(21)13-19-17(18-3)20-14-8-6-10-16(12-14)23(22)5-2;/h14-16H,4-13H2,1-3H3,(H2,18,19,20);1H. The van der Waals surface area contributed by atoms with E-state index in [9.17, 15) is 4.21 Å². The van der Waals surface area contributed by atoms with Gasteiger partial charge in [-0.2, -0.15) is 0 Å². The Kier molecular flexibility index (Phi) is 10.8. The fraction of sp³-hybridized carbons (Fsp3) is 0.941. The smallest absolute Gasteiger partial charge is 0.191 e. The predicted octanol–water partition coefficient (Wildman–Crippen LogP) is 2.33. The number of rotatable bonds is 6. The van der Waals surface area contributed by atoms with Crippen molar-refractivity contribution in [3.63, 3.8) is 0 Å². The van der Waals surface area contributed by atoms with Crippen molar-refractivity contribution in [1.82, 2.24) is 15.5 Å². The summed E-state index contributed by atoms with van der Waals surface area (Å²) in [4.78, 5) is 6.93. The van der Waals surface area contributed by atoms with Crippen LogP contribution in [-0.4, -0.2) is 64.8 Å². The molecule has 0 aromatic heterocycles. The Morgan fingerprint density at radius 2 is 2.04 bits per heavy atom. The zero-order chi connectivity index (χ0) is 16.7. The van der Waals surface area contributed by atoms with Crippen LogP contribution >= 0.6 is 24.0 Å². The van der Waals surface area contributed by atoms with Crippen LogP contribution in [0.15, 0.2) is 4.99 Å². The van der Waals surface area contributed by atoms with Gasteiger partial charge in [0.25, 0.3) is 0 Å². The van der Waals surface area contributed by atoms with E-state index in [1.54, 1.807) is 0 Å². The maximum absolute atomic E-state index is 12.1. The number of nitrogens with zero attached hydrogens (tertiary/aromatic N) is 2. The third-order valence-electron chi connectivity index (χ3n) is 5.26. The molecule has 5 nitrogen and oxygen atoms in total. The monoisotopic (exact) mass is 470 g/mol. The summed E-state index contributed by atoms with van der Waals surface area (Å²) in [5, 5.41) is 7.42. The minimum atomic E-state index is -0.670. The van der Waals surface area contributed by atoms with Crippen LogP contribution in [0.4, 0.5) is 0 Å². The highest BCUT2D eigenvalue weighted by atomic mass is 127. The van der Waals surface area contributed by atoms with Gasteiger partial charge < -0.3 is 10.6 Å². The zero-order valence-corrected chi connectivity index (χ0v) is 18.6. The summed E-state index contributed by atoms with van der Waals surface area (Å²) in [6, 6.07) is 1.03. The molecular weight excluding hydrogens is 435 g/mol. The molecule has 0 radical (unpaired) electrons. The molecule has 1 saturated carbocycles. The first kappa shape index (κ1) is 22.2. The molecular formula is C17H35IN4OS. The number of nitrogens with one attached hydrogen (secondary N) is 2. The maximum atomic E-state index is 12.1. The van der Waals surface area contributed by atoms with Crippen molar-refractivity contribution in [2.45, 2.75) is 69.7 Å². The summed E-state index contributed by atoms with van der Waals surface area (Å²) in [5.41, 5.74) is 0. The van der Waals surface area contributed by atoms with Gasteiger partial charge in [-0.1, -0.05) is 20.3 Å². The number of hydrogen-bond donors (Lipinski definition) is 2. The third kappa shape index (κ3) is 6.44. The lowest BCUT2D eigenvalue weighted by Gasteiger charge is -2.31. The average molecular weight is 470 g/mol. The Morgan fingerprint density at radius 1 is 1.25 bits per heavy atom. The lowest BCUT2D eigenvalue weighted by molar-refractivity contribution is 0.266.